The number of halogens is 3. The number of aliphatic carboxylic acids is 1. The molecule has 1 unspecified atom stereocenters. The molecule has 0 aliphatic heterocycles. The van der Waals surface area contributed by atoms with E-state index in [2.05, 4.69) is 4.74 Å². The second-order valence-corrected chi connectivity index (χ2v) is 7.53. The van der Waals surface area contributed by atoms with Crippen molar-refractivity contribution in [1.82, 2.24) is 4.90 Å². The van der Waals surface area contributed by atoms with Gasteiger partial charge in [0.1, 0.15) is 29.1 Å². The number of rotatable bonds is 11. The van der Waals surface area contributed by atoms with Crippen LogP contribution in [0.25, 0.3) is 0 Å². The van der Waals surface area contributed by atoms with Gasteiger partial charge in [-0.2, -0.15) is 0 Å². The molecule has 3 aromatic rings. The zero-order chi connectivity index (χ0) is 24.6. The van der Waals surface area contributed by atoms with Crippen molar-refractivity contribution in [2.75, 3.05) is 20.1 Å². The molecule has 6 nitrogen and oxygen atoms in total. The number of carboxylic acids is 1. The average molecular weight is 475 g/mol. The second-order valence-electron chi connectivity index (χ2n) is 7.53. The summed E-state index contributed by atoms with van der Waals surface area (Å²) in [5, 5.41) is 8.96. The minimum absolute atomic E-state index is 0.0667. The lowest BCUT2D eigenvalue weighted by Crippen LogP contribution is -2.28. The lowest BCUT2D eigenvalue weighted by atomic mass is 10.1. The predicted molar refractivity (Wildman–Crippen MR) is 119 cm³/mol. The zero-order valence-corrected chi connectivity index (χ0v) is 18.4. The summed E-state index contributed by atoms with van der Waals surface area (Å²) >= 11 is 0. The van der Waals surface area contributed by atoms with Gasteiger partial charge in [0.15, 0.2) is 0 Å². The first-order chi connectivity index (χ1) is 16.2. The Balaban J connectivity index is 1.66. The van der Waals surface area contributed by atoms with Crippen molar-refractivity contribution < 1.29 is 37.3 Å². The fraction of sp³-hybridized carbons (Fsp3) is 0.240. The van der Waals surface area contributed by atoms with Crippen LogP contribution in [-0.4, -0.2) is 42.5 Å². The highest BCUT2D eigenvalue weighted by Gasteiger charge is 2.31. The number of alkyl halides is 3. The Morgan fingerprint density at radius 3 is 2.21 bits per heavy atom. The Morgan fingerprint density at radius 2 is 1.56 bits per heavy atom. The third kappa shape index (κ3) is 8.32. The highest BCUT2D eigenvalue weighted by molar-refractivity contribution is 5.69. The molecule has 0 spiro atoms. The summed E-state index contributed by atoms with van der Waals surface area (Å²) in [7, 11) is 1.73. The van der Waals surface area contributed by atoms with E-state index in [1.165, 1.54) is 18.2 Å². The van der Waals surface area contributed by atoms with Crippen LogP contribution in [0.2, 0.25) is 0 Å². The molecule has 1 N–H and O–H groups in total. The van der Waals surface area contributed by atoms with Crippen LogP contribution in [0.4, 0.5) is 13.2 Å². The van der Waals surface area contributed by atoms with Gasteiger partial charge in [0.05, 0.1) is 6.54 Å². The topological polar surface area (TPSA) is 68.2 Å². The summed E-state index contributed by atoms with van der Waals surface area (Å²) < 4.78 is 53.0. The van der Waals surface area contributed by atoms with Crippen LogP contribution in [0.15, 0.2) is 78.9 Å². The van der Waals surface area contributed by atoms with E-state index in [0.717, 1.165) is 11.6 Å². The van der Waals surface area contributed by atoms with Crippen molar-refractivity contribution >= 4 is 5.97 Å². The van der Waals surface area contributed by atoms with E-state index in [4.69, 9.17) is 14.6 Å². The van der Waals surface area contributed by atoms with Crippen LogP contribution >= 0.6 is 0 Å². The van der Waals surface area contributed by atoms with Crippen molar-refractivity contribution in [2.24, 2.45) is 0 Å². The first-order valence-corrected chi connectivity index (χ1v) is 10.4. The van der Waals surface area contributed by atoms with E-state index < -0.39 is 12.3 Å². The zero-order valence-electron chi connectivity index (χ0n) is 18.4. The van der Waals surface area contributed by atoms with Gasteiger partial charge in [-0.1, -0.05) is 36.4 Å². The maximum Gasteiger partial charge on any atom is 0.573 e. The summed E-state index contributed by atoms with van der Waals surface area (Å²) in [5.41, 5.74) is 0.952. The van der Waals surface area contributed by atoms with Gasteiger partial charge in [0.25, 0.3) is 0 Å². The molecule has 0 radical (unpaired) electrons. The van der Waals surface area contributed by atoms with Gasteiger partial charge in [0.2, 0.25) is 0 Å². The molecule has 0 saturated heterocycles. The Kier molecular flexibility index (Phi) is 8.37. The lowest BCUT2D eigenvalue weighted by molar-refractivity contribution is -0.274. The van der Waals surface area contributed by atoms with Crippen LogP contribution in [0.3, 0.4) is 0 Å². The van der Waals surface area contributed by atoms with Crippen molar-refractivity contribution in [1.29, 1.82) is 0 Å². The van der Waals surface area contributed by atoms with E-state index in [-0.39, 0.29) is 24.1 Å². The number of benzene rings is 3. The number of hydrogen-bond donors (Lipinski definition) is 1. The minimum atomic E-state index is -4.78. The average Bonchev–Trinajstić information content (AvgIpc) is 2.77. The minimum Gasteiger partial charge on any atom is -0.486 e. The molecule has 3 rings (SSSR count). The van der Waals surface area contributed by atoms with Crippen LogP contribution in [0.1, 0.15) is 18.1 Å². The van der Waals surface area contributed by atoms with Gasteiger partial charge in [-0.05, 0) is 49.0 Å². The molecule has 0 aromatic heterocycles. The van der Waals surface area contributed by atoms with E-state index in [1.54, 1.807) is 36.2 Å². The van der Waals surface area contributed by atoms with Crippen molar-refractivity contribution in [2.45, 2.75) is 18.9 Å². The van der Waals surface area contributed by atoms with Gasteiger partial charge in [-0.25, -0.2) is 0 Å². The fourth-order valence-electron chi connectivity index (χ4n) is 3.23. The molecule has 0 fully saturated rings. The maximum absolute atomic E-state index is 12.4. The number of carboxylic acid groups (broad SMARTS) is 1. The molecule has 0 amide bonds. The Labute approximate surface area is 195 Å². The van der Waals surface area contributed by atoms with E-state index in [9.17, 15) is 18.0 Å². The molecule has 3 aromatic carbocycles. The molecule has 0 aliphatic rings. The predicted octanol–water partition coefficient (Wildman–Crippen LogP) is 5.90. The third-order valence-electron chi connectivity index (χ3n) is 4.73. The fourth-order valence-corrected chi connectivity index (χ4v) is 3.23. The molecule has 34 heavy (non-hydrogen) atoms. The highest BCUT2D eigenvalue weighted by Crippen LogP contribution is 2.31. The van der Waals surface area contributed by atoms with E-state index in [1.807, 2.05) is 30.3 Å². The van der Waals surface area contributed by atoms with E-state index >= 15 is 0 Å². The molecule has 0 saturated carbocycles. The smallest absolute Gasteiger partial charge is 0.486 e. The number of ether oxygens (including phenoxy) is 3. The molecule has 0 bridgehead atoms. The van der Waals surface area contributed by atoms with Crippen LogP contribution in [-0.2, 0) is 4.79 Å². The summed E-state index contributed by atoms with van der Waals surface area (Å²) in [6.45, 7) is 0.451. The first-order valence-electron chi connectivity index (χ1n) is 10.4. The number of likely N-dealkylation sites (N-methyl/N-ethyl adjacent to an activating group) is 1. The lowest BCUT2D eigenvalue weighted by Gasteiger charge is -2.22. The Morgan fingerprint density at radius 1 is 0.912 bits per heavy atom. The highest BCUT2D eigenvalue weighted by atomic mass is 19.4. The quantitative estimate of drug-likeness (QED) is 0.372. The number of carbonyl (C=O) groups is 1. The van der Waals surface area contributed by atoms with Gasteiger partial charge < -0.3 is 19.3 Å². The van der Waals surface area contributed by atoms with Crippen molar-refractivity contribution in [3.63, 3.8) is 0 Å². The summed E-state index contributed by atoms with van der Waals surface area (Å²) in [5.74, 6) is -0.0986. The third-order valence-corrected chi connectivity index (χ3v) is 4.73. The molecule has 1 atom stereocenters. The van der Waals surface area contributed by atoms with Gasteiger partial charge in [0, 0.05) is 19.0 Å². The Bertz CT molecular complexity index is 1060. The van der Waals surface area contributed by atoms with Crippen molar-refractivity contribution in [3.8, 4) is 23.0 Å². The second kappa shape index (κ2) is 11.4. The summed E-state index contributed by atoms with van der Waals surface area (Å²) in [4.78, 5) is 12.6. The molecule has 0 heterocycles. The van der Waals surface area contributed by atoms with Gasteiger partial charge in [-0.3, -0.25) is 9.69 Å². The molecular formula is C25H24F3NO5. The number of nitrogens with zero attached hydrogens (tertiary/aromatic N) is 1. The van der Waals surface area contributed by atoms with E-state index in [0.29, 0.717) is 24.5 Å². The van der Waals surface area contributed by atoms with Crippen LogP contribution in [0, 0.1) is 0 Å². The molecule has 180 valence electrons. The van der Waals surface area contributed by atoms with Crippen LogP contribution < -0.4 is 14.2 Å². The molecule has 0 aliphatic carbocycles. The van der Waals surface area contributed by atoms with Gasteiger partial charge in [-0.15, -0.1) is 13.2 Å². The molecular weight excluding hydrogens is 451 g/mol. The monoisotopic (exact) mass is 475 g/mol. The molecule has 9 heteroatoms. The SMILES string of the molecule is CN(CCC(Oc1ccc(Oc2cccc(OC(F)(F)F)c2)cc1)c1ccccc1)CC(=O)O. The van der Waals surface area contributed by atoms with Crippen molar-refractivity contribution in [3.05, 3.63) is 84.4 Å². The summed E-state index contributed by atoms with van der Waals surface area (Å²) in [6.07, 6.45) is -4.52. The Hall–Kier alpha value is -3.72. The standard InChI is InChI=1S/C25H24F3NO5/c1-29(17-24(30)31)15-14-23(18-6-3-2-4-7-18)33-20-12-10-19(11-13-20)32-21-8-5-9-22(16-21)34-25(26,27)28/h2-13,16,23H,14-15,17H2,1H3,(H,30,31). The number of hydrogen-bond acceptors (Lipinski definition) is 5. The van der Waals surface area contributed by atoms with Crippen LogP contribution in [0.5, 0.6) is 23.0 Å². The first kappa shape index (κ1) is 24.9. The summed E-state index contributed by atoms with van der Waals surface area (Å²) in [6, 6.07) is 21.5. The maximum atomic E-state index is 12.4. The largest absolute Gasteiger partial charge is 0.573 e. The normalized spacial score (nSPS) is 12.3. The van der Waals surface area contributed by atoms with Gasteiger partial charge >= 0.3 is 12.3 Å².